The van der Waals surface area contributed by atoms with Gasteiger partial charge >= 0.3 is 0 Å². The Balaban J connectivity index is 1.91. The third-order valence-electron chi connectivity index (χ3n) is 4.32. The number of hydrogen-bond donors (Lipinski definition) is 0. The van der Waals surface area contributed by atoms with Gasteiger partial charge in [0.15, 0.2) is 0 Å². The second kappa shape index (κ2) is 5.02. The smallest absolute Gasteiger partial charge is 0.0983 e. The lowest BCUT2D eigenvalue weighted by Crippen LogP contribution is -2.49. The second-order valence-corrected chi connectivity index (χ2v) is 5.64. The summed E-state index contributed by atoms with van der Waals surface area (Å²) < 4.78 is 6.10. The van der Waals surface area contributed by atoms with Crippen molar-refractivity contribution in [1.82, 2.24) is 4.90 Å². The molecule has 0 amide bonds. The third kappa shape index (κ3) is 2.08. The van der Waals surface area contributed by atoms with Gasteiger partial charge in [0.1, 0.15) is 0 Å². The van der Waals surface area contributed by atoms with E-state index in [1.807, 2.05) is 0 Å². The number of ether oxygens (including phenoxy) is 1. The Morgan fingerprint density at radius 2 is 2.28 bits per heavy atom. The minimum absolute atomic E-state index is 0.314. The molecule has 0 spiro atoms. The summed E-state index contributed by atoms with van der Waals surface area (Å²) in [6, 6.07) is 7.46. The first kappa shape index (κ1) is 12.2. The molecule has 18 heavy (non-hydrogen) atoms. The average molecular weight is 245 g/mol. The highest BCUT2D eigenvalue weighted by molar-refractivity contribution is 5.36. The van der Waals surface area contributed by atoms with Crippen LogP contribution in [0.1, 0.15) is 42.6 Å². The van der Waals surface area contributed by atoms with E-state index in [0.29, 0.717) is 12.1 Å². The van der Waals surface area contributed by atoms with E-state index in [1.54, 1.807) is 0 Å². The second-order valence-electron chi connectivity index (χ2n) is 5.64. The van der Waals surface area contributed by atoms with E-state index in [-0.39, 0.29) is 0 Å². The molecule has 1 aromatic rings. The molecular formula is C16H23NO. The lowest BCUT2D eigenvalue weighted by atomic mass is 9.83. The van der Waals surface area contributed by atoms with Crippen molar-refractivity contribution in [2.24, 2.45) is 0 Å². The number of nitrogens with zero attached hydrogens (tertiary/aromatic N) is 1. The quantitative estimate of drug-likeness (QED) is 0.794. The Morgan fingerprint density at radius 1 is 1.39 bits per heavy atom. The van der Waals surface area contributed by atoms with Crippen molar-refractivity contribution in [3.8, 4) is 0 Å². The highest BCUT2D eigenvalue weighted by Crippen LogP contribution is 2.38. The molecule has 2 nitrogen and oxygen atoms in total. The molecule has 0 aromatic heterocycles. The molecule has 2 heteroatoms. The first-order chi connectivity index (χ1) is 8.79. The van der Waals surface area contributed by atoms with E-state index in [4.69, 9.17) is 4.74 Å². The van der Waals surface area contributed by atoms with E-state index in [2.05, 4.69) is 36.9 Å². The molecule has 3 rings (SSSR count). The lowest BCUT2D eigenvalue weighted by molar-refractivity contribution is -0.0801. The molecule has 0 radical (unpaired) electrons. The van der Waals surface area contributed by atoms with Crippen LogP contribution < -0.4 is 0 Å². The van der Waals surface area contributed by atoms with Crippen molar-refractivity contribution < 1.29 is 4.74 Å². The van der Waals surface area contributed by atoms with E-state index in [1.165, 1.54) is 42.5 Å². The van der Waals surface area contributed by atoms with E-state index in [0.717, 1.165) is 13.2 Å². The molecule has 1 heterocycles. The third-order valence-corrected chi connectivity index (χ3v) is 4.32. The molecule has 1 fully saturated rings. The Bertz CT molecular complexity index is 427. The molecule has 2 unspecified atom stereocenters. The van der Waals surface area contributed by atoms with Crippen LogP contribution in [0.4, 0.5) is 0 Å². The minimum atomic E-state index is 0.314. The summed E-state index contributed by atoms with van der Waals surface area (Å²) in [6.07, 6.45) is 4.01. The fraction of sp³-hybridized carbons (Fsp3) is 0.625. The summed E-state index contributed by atoms with van der Waals surface area (Å²) in [4.78, 5) is 2.64. The SMILES string of the molecule is CCCN1CCOC2c3cc(C)ccc3CCC21. The standard InChI is InChI=1S/C16H23NO/c1-3-8-17-9-10-18-16-14-11-12(2)4-5-13(14)6-7-15(16)17/h4-5,11,15-16H,3,6-10H2,1-2H3. The van der Waals surface area contributed by atoms with Gasteiger partial charge in [0.25, 0.3) is 0 Å². The van der Waals surface area contributed by atoms with Gasteiger partial charge in [-0.2, -0.15) is 0 Å². The Hall–Kier alpha value is -0.860. The van der Waals surface area contributed by atoms with Crippen molar-refractivity contribution >= 4 is 0 Å². The maximum absolute atomic E-state index is 6.10. The molecule has 2 atom stereocenters. The summed E-state index contributed by atoms with van der Waals surface area (Å²) in [6.45, 7) is 7.65. The van der Waals surface area contributed by atoms with Crippen LogP contribution in [-0.4, -0.2) is 30.6 Å². The van der Waals surface area contributed by atoms with Crippen molar-refractivity contribution in [3.63, 3.8) is 0 Å². The predicted octanol–water partition coefficient (Wildman–Crippen LogP) is 3.09. The number of hydrogen-bond acceptors (Lipinski definition) is 2. The topological polar surface area (TPSA) is 12.5 Å². The fourth-order valence-corrected chi connectivity index (χ4v) is 3.47. The van der Waals surface area contributed by atoms with Gasteiger partial charge in [-0.1, -0.05) is 30.7 Å². The number of fused-ring (bicyclic) bond motifs is 3. The van der Waals surface area contributed by atoms with Crippen LogP contribution in [0, 0.1) is 6.92 Å². The monoisotopic (exact) mass is 245 g/mol. The Kier molecular flexibility index (Phi) is 3.40. The summed E-state index contributed by atoms with van der Waals surface area (Å²) >= 11 is 0. The Morgan fingerprint density at radius 3 is 3.11 bits per heavy atom. The van der Waals surface area contributed by atoms with Gasteiger partial charge < -0.3 is 4.74 Å². The zero-order valence-corrected chi connectivity index (χ0v) is 11.5. The maximum atomic E-state index is 6.10. The molecule has 0 bridgehead atoms. The average Bonchev–Trinajstić information content (AvgIpc) is 2.39. The summed E-state index contributed by atoms with van der Waals surface area (Å²) in [7, 11) is 0. The van der Waals surface area contributed by atoms with Gasteiger partial charge in [0.05, 0.1) is 12.7 Å². The molecule has 1 aliphatic heterocycles. The molecular weight excluding hydrogens is 222 g/mol. The first-order valence-electron chi connectivity index (χ1n) is 7.24. The van der Waals surface area contributed by atoms with Crippen molar-refractivity contribution in [3.05, 3.63) is 34.9 Å². The number of rotatable bonds is 2. The lowest BCUT2D eigenvalue weighted by Gasteiger charge is -2.44. The number of benzene rings is 1. The van der Waals surface area contributed by atoms with Gasteiger partial charge in [-0.25, -0.2) is 0 Å². The first-order valence-corrected chi connectivity index (χ1v) is 7.24. The zero-order chi connectivity index (χ0) is 12.5. The van der Waals surface area contributed by atoms with Gasteiger partial charge in [-0.3, -0.25) is 4.90 Å². The van der Waals surface area contributed by atoms with Crippen LogP contribution in [0.15, 0.2) is 18.2 Å². The molecule has 2 aliphatic rings. The number of morpholine rings is 1. The van der Waals surface area contributed by atoms with Gasteiger partial charge in [-0.05, 0) is 43.9 Å². The minimum Gasteiger partial charge on any atom is -0.371 e. The van der Waals surface area contributed by atoms with Gasteiger partial charge in [0.2, 0.25) is 0 Å². The van der Waals surface area contributed by atoms with Crippen molar-refractivity contribution in [2.75, 3.05) is 19.7 Å². The van der Waals surface area contributed by atoms with E-state index < -0.39 is 0 Å². The summed E-state index contributed by atoms with van der Waals surface area (Å²) in [5, 5.41) is 0. The van der Waals surface area contributed by atoms with Crippen LogP contribution in [-0.2, 0) is 11.2 Å². The summed E-state index contributed by atoms with van der Waals surface area (Å²) in [5.41, 5.74) is 4.30. The van der Waals surface area contributed by atoms with Gasteiger partial charge in [-0.15, -0.1) is 0 Å². The zero-order valence-electron chi connectivity index (χ0n) is 11.5. The predicted molar refractivity (Wildman–Crippen MR) is 73.8 cm³/mol. The molecule has 98 valence electrons. The van der Waals surface area contributed by atoms with E-state index in [9.17, 15) is 0 Å². The number of aryl methyl sites for hydroxylation is 2. The molecule has 0 saturated carbocycles. The van der Waals surface area contributed by atoms with E-state index >= 15 is 0 Å². The van der Waals surface area contributed by atoms with Crippen LogP contribution >= 0.6 is 0 Å². The molecule has 1 saturated heterocycles. The highest BCUT2D eigenvalue weighted by Gasteiger charge is 2.36. The van der Waals surface area contributed by atoms with Crippen LogP contribution in [0.3, 0.4) is 0 Å². The maximum Gasteiger partial charge on any atom is 0.0983 e. The van der Waals surface area contributed by atoms with Crippen molar-refractivity contribution in [1.29, 1.82) is 0 Å². The largest absolute Gasteiger partial charge is 0.371 e. The van der Waals surface area contributed by atoms with Crippen LogP contribution in [0.2, 0.25) is 0 Å². The molecule has 0 N–H and O–H groups in total. The normalized spacial score (nSPS) is 27.7. The van der Waals surface area contributed by atoms with Crippen LogP contribution in [0.5, 0.6) is 0 Å². The van der Waals surface area contributed by atoms with Crippen molar-refractivity contribution in [2.45, 2.75) is 45.3 Å². The summed E-state index contributed by atoms with van der Waals surface area (Å²) in [5.74, 6) is 0. The Labute approximate surface area is 110 Å². The highest BCUT2D eigenvalue weighted by atomic mass is 16.5. The fourth-order valence-electron chi connectivity index (χ4n) is 3.47. The molecule has 1 aromatic carbocycles. The van der Waals surface area contributed by atoms with Crippen LogP contribution in [0.25, 0.3) is 0 Å². The van der Waals surface area contributed by atoms with Gasteiger partial charge in [0, 0.05) is 12.6 Å². The molecule has 1 aliphatic carbocycles.